The van der Waals surface area contributed by atoms with Crippen LogP contribution < -0.4 is 5.32 Å². The molecule has 0 aromatic carbocycles. The van der Waals surface area contributed by atoms with Crippen molar-refractivity contribution >= 4 is 21.7 Å². The molecule has 2 unspecified atom stereocenters. The molecule has 1 heterocycles. The molecule has 0 saturated carbocycles. The van der Waals surface area contributed by atoms with Gasteiger partial charge in [0.05, 0.1) is 5.75 Å². The number of carbonyl (C=O) groups excluding carboxylic acids is 2. The monoisotopic (exact) mass is 304 g/mol. The van der Waals surface area contributed by atoms with Crippen LogP contribution in [-0.2, 0) is 19.4 Å². The highest BCUT2D eigenvalue weighted by atomic mass is 32.2. The molecule has 7 heteroatoms. The first-order chi connectivity index (χ1) is 9.17. The highest BCUT2D eigenvalue weighted by Gasteiger charge is 2.40. The second-order valence-corrected chi connectivity index (χ2v) is 7.93. The Bertz CT molecular complexity index is 473. The van der Waals surface area contributed by atoms with Crippen LogP contribution in [0.25, 0.3) is 0 Å². The first-order valence-electron chi connectivity index (χ1n) is 6.96. The van der Waals surface area contributed by atoms with Crippen molar-refractivity contribution in [1.82, 2.24) is 10.2 Å². The Morgan fingerprint density at radius 2 is 1.90 bits per heavy atom. The number of hydrogen-bond acceptors (Lipinski definition) is 4. The van der Waals surface area contributed by atoms with Crippen molar-refractivity contribution in [2.75, 3.05) is 18.6 Å². The molecule has 0 aromatic heterocycles. The summed E-state index contributed by atoms with van der Waals surface area (Å²) in [5.41, 5.74) is 0. The largest absolute Gasteiger partial charge is 0.342 e. The second kappa shape index (κ2) is 6.56. The number of hydrogen-bond donors (Lipinski definition) is 1. The zero-order valence-electron chi connectivity index (χ0n) is 12.5. The zero-order chi connectivity index (χ0) is 15.5. The predicted molar refractivity (Wildman–Crippen MR) is 76.9 cm³/mol. The van der Waals surface area contributed by atoms with Gasteiger partial charge >= 0.3 is 0 Å². The summed E-state index contributed by atoms with van der Waals surface area (Å²) in [5.74, 6) is -0.215. The summed E-state index contributed by atoms with van der Waals surface area (Å²) in [6, 6.07) is -0.999. The Balaban J connectivity index is 2.80. The van der Waals surface area contributed by atoms with E-state index < -0.39 is 21.9 Å². The van der Waals surface area contributed by atoms with Gasteiger partial charge in [-0.15, -0.1) is 0 Å². The van der Waals surface area contributed by atoms with E-state index in [-0.39, 0.29) is 23.5 Å². The molecule has 0 radical (unpaired) electrons. The van der Waals surface area contributed by atoms with E-state index in [1.165, 1.54) is 11.2 Å². The SMILES string of the molecule is CCC1C(=O)NC(C(C)C)C(=O)N1CCCS(C)(=O)=O. The van der Waals surface area contributed by atoms with E-state index in [2.05, 4.69) is 5.32 Å². The molecule has 0 aromatic rings. The summed E-state index contributed by atoms with van der Waals surface area (Å²) < 4.78 is 22.3. The Hall–Kier alpha value is -1.11. The average molecular weight is 304 g/mol. The van der Waals surface area contributed by atoms with Gasteiger partial charge in [-0.25, -0.2) is 8.42 Å². The number of nitrogens with zero attached hydrogens (tertiary/aromatic N) is 1. The topological polar surface area (TPSA) is 83.6 Å². The first kappa shape index (κ1) is 16.9. The molecule has 1 aliphatic heterocycles. The molecule has 1 N–H and O–H groups in total. The summed E-state index contributed by atoms with van der Waals surface area (Å²) in [5, 5.41) is 2.75. The van der Waals surface area contributed by atoms with Crippen LogP contribution in [0.5, 0.6) is 0 Å². The molecule has 6 nitrogen and oxygen atoms in total. The molecule has 0 bridgehead atoms. The molecule has 20 heavy (non-hydrogen) atoms. The molecular weight excluding hydrogens is 280 g/mol. The standard InChI is InChI=1S/C13H24N2O4S/c1-5-10-12(16)14-11(9(2)3)13(17)15(10)7-6-8-20(4,18)19/h9-11H,5-8H2,1-4H3,(H,14,16). The molecule has 2 amide bonds. The van der Waals surface area contributed by atoms with E-state index in [9.17, 15) is 18.0 Å². The average Bonchev–Trinajstić information content (AvgIpc) is 2.31. The maximum absolute atomic E-state index is 12.4. The van der Waals surface area contributed by atoms with Crippen LogP contribution in [0.2, 0.25) is 0 Å². The van der Waals surface area contributed by atoms with Gasteiger partial charge in [-0.3, -0.25) is 9.59 Å². The van der Waals surface area contributed by atoms with Crippen LogP contribution in [0.15, 0.2) is 0 Å². The number of amides is 2. The van der Waals surface area contributed by atoms with E-state index in [1.807, 2.05) is 20.8 Å². The summed E-state index contributed by atoms with van der Waals surface area (Å²) in [6.07, 6.45) is 2.06. The predicted octanol–water partition coefficient (Wildman–Crippen LogP) is 0.183. The Labute approximate surface area is 120 Å². The highest BCUT2D eigenvalue weighted by molar-refractivity contribution is 7.90. The van der Waals surface area contributed by atoms with Crippen molar-refractivity contribution in [2.45, 2.75) is 45.7 Å². The van der Waals surface area contributed by atoms with Gasteiger partial charge in [-0.2, -0.15) is 0 Å². The molecule has 1 fully saturated rings. The molecule has 1 saturated heterocycles. The maximum atomic E-state index is 12.4. The summed E-state index contributed by atoms with van der Waals surface area (Å²) in [7, 11) is -3.05. The van der Waals surface area contributed by atoms with Gasteiger partial charge in [-0.05, 0) is 18.8 Å². The van der Waals surface area contributed by atoms with E-state index in [0.29, 0.717) is 19.4 Å². The fraction of sp³-hybridized carbons (Fsp3) is 0.846. The van der Waals surface area contributed by atoms with Crippen molar-refractivity contribution in [1.29, 1.82) is 0 Å². The minimum atomic E-state index is -3.05. The van der Waals surface area contributed by atoms with Gasteiger partial charge in [0.2, 0.25) is 11.8 Å². The van der Waals surface area contributed by atoms with Crippen LogP contribution in [-0.4, -0.2) is 55.8 Å². The number of nitrogens with one attached hydrogen (secondary N) is 1. The lowest BCUT2D eigenvalue weighted by Gasteiger charge is -2.40. The number of piperazine rings is 1. The lowest BCUT2D eigenvalue weighted by Crippen LogP contribution is -2.64. The minimum absolute atomic E-state index is 0.0154. The third-order valence-electron chi connectivity index (χ3n) is 3.49. The lowest BCUT2D eigenvalue weighted by atomic mass is 9.97. The molecule has 0 spiro atoms. The number of carbonyl (C=O) groups is 2. The van der Waals surface area contributed by atoms with Gasteiger partial charge in [0, 0.05) is 12.8 Å². The fourth-order valence-electron chi connectivity index (χ4n) is 2.41. The van der Waals surface area contributed by atoms with Crippen molar-refractivity contribution in [3.8, 4) is 0 Å². The Kier molecular flexibility index (Phi) is 5.56. The fourth-order valence-corrected chi connectivity index (χ4v) is 3.06. The zero-order valence-corrected chi connectivity index (χ0v) is 13.4. The molecule has 1 aliphatic rings. The summed E-state index contributed by atoms with van der Waals surface area (Å²) in [4.78, 5) is 26.0. The van der Waals surface area contributed by atoms with Crippen molar-refractivity contribution in [2.24, 2.45) is 5.92 Å². The van der Waals surface area contributed by atoms with Gasteiger partial charge in [-0.1, -0.05) is 20.8 Å². The molecule has 116 valence electrons. The van der Waals surface area contributed by atoms with Crippen molar-refractivity contribution < 1.29 is 18.0 Å². The van der Waals surface area contributed by atoms with Crippen LogP contribution in [0, 0.1) is 5.92 Å². The van der Waals surface area contributed by atoms with Gasteiger partial charge < -0.3 is 10.2 Å². The third-order valence-corrected chi connectivity index (χ3v) is 4.52. The third kappa shape index (κ3) is 4.19. The van der Waals surface area contributed by atoms with E-state index in [1.54, 1.807) is 0 Å². The molecule has 2 atom stereocenters. The van der Waals surface area contributed by atoms with Crippen LogP contribution in [0.3, 0.4) is 0 Å². The molecule has 1 rings (SSSR count). The Morgan fingerprint density at radius 1 is 1.30 bits per heavy atom. The van der Waals surface area contributed by atoms with Gasteiger partial charge in [0.25, 0.3) is 0 Å². The van der Waals surface area contributed by atoms with Crippen LogP contribution >= 0.6 is 0 Å². The first-order valence-corrected chi connectivity index (χ1v) is 9.02. The van der Waals surface area contributed by atoms with E-state index >= 15 is 0 Å². The molecular formula is C13H24N2O4S. The normalized spacial score (nSPS) is 24.1. The quantitative estimate of drug-likeness (QED) is 0.759. The number of sulfone groups is 1. The Morgan fingerprint density at radius 3 is 2.35 bits per heavy atom. The minimum Gasteiger partial charge on any atom is -0.342 e. The summed E-state index contributed by atoms with van der Waals surface area (Å²) >= 11 is 0. The number of rotatable bonds is 6. The highest BCUT2D eigenvalue weighted by Crippen LogP contribution is 2.18. The smallest absolute Gasteiger partial charge is 0.246 e. The van der Waals surface area contributed by atoms with E-state index in [0.717, 1.165) is 0 Å². The van der Waals surface area contributed by atoms with E-state index in [4.69, 9.17) is 0 Å². The van der Waals surface area contributed by atoms with Gasteiger partial charge in [0.1, 0.15) is 21.9 Å². The van der Waals surface area contributed by atoms with Crippen molar-refractivity contribution in [3.05, 3.63) is 0 Å². The molecule has 0 aliphatic carbocycles. The van der Waals surface area contributed by atoms with Crippen LogP contribution in [0.4, 0.5) is 0 Å². The second-order valence-electron chi connectivity index (χ2n) is 5.67. The lowest BCUT2D eigenvalue weighted by molar-refractivity contribution is -0.150. The van der Waals surface area contributed by atoms with Crippen LogP contribution in [0.1, 0.15) is 33.6 Å². The van der Waals surface area contributed by atoms with Gasteiger partial charge in [0.15, 0.2) is 0 Å². The summed E-state index contributed by atoms with van der Waals surface area (Å²) in [6.45, 7) is 5.91. The van der Waals surface area contributed by atoms with Crippen molar-refractivity contribution in [3.63, 3.8) is 0 Å². The maximum Gasteiger partial charge on any atom is 0.246 e.